The van der Waals surface area contributed by atoms with Crippen molar-refractivity contribution in [1.29, 1.82) is 0 Å². The standard InChI is InChI=1S/C11H14N2O4/c12-9(15)5-8(14)10(16)6-3-1-2-4-7(6)11(13)17/h1-4,8,10,14,16H,5H2,(H2,12,15)(H2,13,17). The van der Waals surface area contributed by atoms with Gasteiger partial charge in [0.15, 0.2) is 0 Å². The van der Waals surface area contributed by atoms with E-state index in [1.54, 1.807) is 12.1 Å². The molecule has 1 aromatic carbocycles. The van der Waals surface area contributed by atoms with Gasteiger partial charge in [0.25, 0.3) is 0 Å². The lowest BCUT2D eigenvalue weighted by Gasteiger charge is -2.18. The van der Waals surface area contributed by atoms with Crippen molar-refractivity contribution in [2.75, 3.05) is 0 Å². The minimum atomic E-state index is -1.38. The van der Waals surface area contributed by atoms with Gasteiger partial charge in [-0.1, -0.05) is 18.2 Å². The fraction of sp³-hybridized carbons (Fsp3) is 0.273. The molecule has 17 heavy (non-hydrogen) atoms. The van der Waals surface area contributed by atoms with Crippen molar-refractivity contribution < 1.29 is 19.8 Å². The zero-order chi connectivity index (χ0) is 13.0. The fourth-order valence-corrected chi connectivity index (χ4v) is 1.50. The lowest BCUT2D eigenvalue weighted by molar-refractivity contribution is -0.121. The van der Waals surface area contributed by atoms with Crippen molar-refractivity contribution in [3.05, 3.63) is 35.4 Å². The van der Waals surface area contributed by atoms with Gasteiger partial charge in [-0.15, -0.1) is 0 Å². The molecule has 0 saturated heterocycles. The molecule has 1 rings (SSSR count). The number of rotatable bonds is 5. The Hall–Kier alpha value is -1.92. The molecule has 0 aliphatic heterocycles. The molecule has 2 amide bonds. The number of hydrogen-bond acceptors (Lipinski definition) is 4. The highest BCUT2D eigenvalue weighted by molar-refractivity contribution is 5.94. The molecule has 0 aliphatic carbocycles. The summed E-state index contributed by atoms with van der Waals surface area (Å²) in [5, 5.41) is 19.3. The number of primary amides is 2. The van der Waals surface area contributed by atoms with Crippen molar-refractivity contribution in [1.82, 2.24) is 0 Å². The molecule has 6 nitrogen and oxygen atoms in total. The van der Waals surface area contributed by atoms with Gasteiger partial charge in [0.05, 0.1) is 12.5 Å². The highest BCUT2D eigenvalue weighted by Gasteiger charge is 2.23. The summed E-state index contributed by atoms with van der Waals surface area (Å²) < 4.78 is 0. The summed E-state index contributed by atoms with van der Waals surface area (Å²) in [6.07, 6.45) is -3.15. The third-order valence-corrected chi connectivity index (χ3v) is 2.32. The summed E-state index contributed by atoms with van der Waals surface area (Å²) in [5.41, 5.74) is 10.3. The predicted molar refractivity (Wildman–Crippen MR) is 59.7 cm³/mol. The van der Waals surface area contributed by atoms with Gasteiger partial charge < -0.3 is 21.7 Å². The third kappa shape index (κ3) is 3.27. The Labute approximate surface area is 97.8 Å². The van der Waals surface area contributed by atoms with Crippen LogP contribution >= 0.6 is 0 Å². The van der Waals surface area contributed by atoms with Crippen LogP contribution in [0.1, 0.15) is 28.4 Å². The molecule has 0 bridgehead atoms. The third-order valence-electron chi connectivity index (χ3n) is 2.32. The van der Waals surface area contributed by atoms with Crippen LogP contribution < -0.4 is 11.5 Å². The smallest absolute Gasteiger partial charge is 0.249 e. The molecule has 2 unspecified atom stereocenters. The monoisotopic (exact) mass is 238 g/mol. The van der Waals surface area contributed by atoms with E-state index in [2.05, 4.69) is 0 Å². The van der Waals surface area contributed by atoms with Crippen LogP contribution in [-0.2, 0) is 4.79 Å². The van der Waals surface area contributed by atoms with Gasteiger partial charge in [0, 0.05) is 5.56 Å². The van der Waals surface area contributed by atoms with E-state index in [1.165, 1.54) is 12.1 Å². The topological polar surface area (TPSA) is 127 Å². The molecular weight excluding hydrogens is 224 g/mol. The van der Waals surface area contributed by atoms with Crippen LogP contribution in [0.3, 0.4) is 0 Å². The summed E-state index contributed by atoms with van der Waals surface area (Å²) in [7, 11) is 0. The zero-order valence-electron chi connectivity index (χ0n) is 9.04. The van der Waals surface area contributed by atoms with Crippen molar-refractivity contribution in [2.24, 2.45) is 11.5 Å². The number of hydrogen-bond donors (Lipinski definition) is 4. The first kappa shape index (κ1) is 13.1. The van der Waals surface area contributed by atoms with E-state index in [0.717, 1.165) is 0 Å². The molecule has 0 saturated carbocycles. The van der Waals surface area contributed by atoms with Crippen LogP contribution in [0, 0.1) is 0 Å². The lowest BCUT2D eigenvalue weighted by Crippen LogP contribution is -2.27. The van der Waals surface area contributed by atoms with Crippen molar-refractivity contribution in [2.45, 2.75) is 18.6 Å². The normalized spacial score (nSPS) is 14.0. The average molecular weight is 238 g/mol. The summed E-state index contributed by atoms with van der Waals surface area (Å²) in [5.74, 6) is -1.46. The number of benzene rings is 1. The maximum atomic E-state index is 11.1. The van der Waals surface area contributed by atoms with E-state index in [0.29, 0.717) is 0 Å². The lowest BCUT2D eigenvalue weighted by atomic mass is 9.96. The maximum absolute atomic E-state index is 11.1. The molecule has 6 heteroatoms. The molecule has 2 atom stereocenters. The van der Waals surface area contributed by atoms with Gasteiger partial charge in [-0.2, -0.15) is 0 Å². The summed E-state index contributed by atoms with van der Waals surface area (Å²) >= 11 is 0. The second-order valence-corrected chi connectivity index (χ2v) is 3.63. The molecule has 0 spiro atoms. The second-order valence-electron chi connectivity index (χ2n) is 3.63. The van der Waals surface area contributed by atoms with E-state index >= 15 is 0 Å². The zero-order valence-corrected chi connectivity index (χ0v) is 9.04. The van der Waals surface area contributed by atoms with Crippen molar-refractivity contribution in [3.8, 4) is 0 Å². The summed E-state index contributed by atoms with van der Waals surface area (Å²) in [6.45, 7) is 0. The van der Waals surface area contributed by atoms with E-state index in [9.17, 15) is 19.8 Å². The van der Waals surface area contributed by atoms with Gasteiger partial charge in [-0.05, 0) is 11.6 Å². The van der Waals surface area contributed by atoms with Crippen LogP contribution in [0.15, 0.2) is 24.3 Å². The number of carbonyl (C=O) groups excluding carboxylic acids is 2. The van der Waals surface area contributed by atoms with E-state index in [-0.39, 0.29) is 11.1 Å². The van der Waals surface area contributed by atoms with Gasteiger partial charge in [0.2, 0.25) is 11.8 Å². The number of amides is 2. The first-order valence-electron chi connectivity index (χ1n) is 4.96. The van der Waals surface area contributed by atoms with Gasteiger partial charge in [-0.3, -0.25) is 9.59 Å². The van der Waals surface area contributed by atoms with Gasteiger partial charge in [0.1, 0.15) is 6.10 Å². The van der Waals surface area contributed by atoms with Crippen molar-refractivity contribution in [3.63, 3.8) is 0 Å². The molecule has 0 heterocycles. The van der Waals surface area contributed by atoms with E-state index in [1.807, 2.05) is 0 Å². The Morgan fingerprint density at radius 2 is 1.76 bits per heavy atom. The Balaban J connectivity index is 2.99. The fourth-order valence-electron chi connectivity index (χ4n) is 1.50. The minimum Gasteiger partial charge on any atom is -0.390 e. The summed E-state index contributed by atoms with van der Waals surface area (Å²) in [4.78, 5) is 21.7. The van der Waals surface area contributed by atoms with E-state index in [4.69, 9.17) is 11.5 Å². The Kier molecular flexibility index (Phi) is 4.19. The van der Waals surface area contributed by atoms with Crippen LogP contribution in [-0.4, -0.2) is 28.1 Å². The SMILES string of the molecule is NC(=O)CC(O)C(O)c1ccccc1C(N)=O. The van der Waals surface area contributed by atoms with Crippen LogP contribution in [0.4, 0.5) is 0 Å². The quantitative estimate of drug-likeness (QED) is 0.527. The number of aliphatic hydroxyl groups excluding tert-OH is 2. The number of carbonyl (C=O) groups is 2. The van der Waals surface area contributed by atoms with E-state index < -0.39 is 30.4 Å². The molecule has 1 aromatic rings. The Morgan fingerprint density at radius 1 is 1.18 bits per heavy atom. The summed E-state index contributed by atoms with van der Waals surface area (Å²) in [6, 6.07) is 6.05. The minimum absolute atomic E-state index is 0.100. The van der Waals surface area contributed by atoms with Gasteiger partial charge in [-0.25, -0.2) is 0 Å². The highest BCUT2D eigenvalue weighted by atomic mass is 16.3. The molecule has 0 fully saturated rings. The largest absolute Gasteiger partial charge is 0.390 e. The first-order valence-corrected chi connectivity index (χ1v) is 4.96. The Morgan fingerprint density at radius 3 is 2.29 bits per heavy atom. The predicted octanol–water partition coefficient (Wildman–Crippen LogP) is -0.945. The van der Waals surface area contributed by atoms with Gasteiger partial charge >= 0.3 is 0 Å². The van der Waals surface area contributed by atoms with Crippen LogP contribution in [0.2, 0.25) is 0 Å². The van der Waals surface area contributed by atoms with Crippen LogP contribution in [0.5, 0.6) is 0 Å². The maximum Gasteiger partial charge on any atom is 0.249 e. The average Bonchev–Trinajstić information content (AvgIpc) is 2.27. The second kappa shape index (κ2) is 5.42. The molecule has 0 radical (unpaired) electrons. The Bertz CT molecular complexity index is 433. The number of nitrogens with two attached hydrogens (primary N) is 2. The van der Waals surface area contributed by atoms with Crippen molar-refractivity contribution >= 4 is 11.8 Å². The molecule has 0 aromatic heterocycles. The van der Waals surface area contributed by atoms with Crippen LogP contribution in [0.25, 0.3) is 0 Å². The highest BCUT2D eigenvalue weighted by Crippen LogP contribution is 2.22. The first-order chi connectivity index (χ1) is 7.93. The number of aliphatic hydroxyl groups is 2. The molecular formula is C11H14N2O4. The molecule has 6 N–H and O–H groups in total. The molecule has 92 valence electrons. The molecule has 0 aliphatic rings.